The molecule has 0 fully saturated rings. The van der Waals surface area contributed by atoms with E-state index in [4.69, 9.17) is 5.73 Å². The predicted molar refractivity (Wildman–Crippen MR) is 93.7 cm³/mol. The van der Waals surface area contributed by atoms with Crippen molar-refractivity contribution in [2.45, 2.75) is 6.92 Å². The van der Waals surface area contributed by atoms with Crippen molar-refractivity contribution in [3.63, 3.8) is 0 Å². The van der Waals surface area contributed by atoms with Gasteiger partial charge in [0.25, 0.3) is 0 Å². The lowest BCUT2D eigenvalue weighted by molar-refractivity contribution is 0.627. The fourth-order valence-corrected chi connectivity index (χ4v) is 3.00. The fourth-order valence-electron chi connectivity index (χ4n) is 2.10. The van der Waals surface area contributed by atoms with Gasteiger partial charge in [-0.05, 0) is 41.6 Å². The molecular weight excluding hydrogens is 382 g/mol. The Morgan fingerprint density at radius 1 is 1.33 bits per heavy atom. The first-order chi connectivity index (χ1) is 9.86. The topological polar surface area (TPSA) is 55.0 Å². The van der Waals surface area contributed by atoms with Gasteiger partial charge in [-0.1, -0.05) is 12.7 Å². The quantitative estimate of drug-likeness (QED) is 0.805. The normalized spacial score (nSPS) is 10.5. The molecule has 0 saturated carbocycles. The number of rotatable bonds is 3. The summed E-state index contributed by atoms with van der Waals surface area (Å²) in [5.74, 6) is 0.238. The van der Waals surface area contributed by atoms with Crippen molar-refractivity contribution in [1.82, 2.24) is 9.97 Å². The highest BCUT2D eigenvalue weighted by Gasteiger charge is 2.18. The van der Waals surface area contributed by atoms with Gasteiger partial charge in [-0.3, -0.25) is 0 Å². The first-order valence-corrected chi connectivity index (χ1v) is 7.37. The van der Waals surface area contributed by atoms with Crippen LogP contribution in [-0.2, 0) is 0 Å². The maximum absolute atomic E-state index is 14.7. The highest BCUT2D eigenvalue weighted by atomic mass is 127. The van der Waals surface area contributed by atoms with Gasteiger partial charge in [0.2, 0.25) is 0 Å². The number of aromatic nitrogens is 2. The zero-order valence-electron chi connectivity index (χ0n) is 12.1. The number of benzene rings is 1. The SMILES string of the molecule is C=Cc1c(C)nc(-c2ccc(I)c(N(C)C)c2F)nc1N. The zero-order valence-corrected chi connectivity index (χ0v) is 14.3. The lowest BCUT2D eigenvalue weighted by atomic mass is 10.1. The largest absolute Gasteiger partial charge is 0.383 e. The van der Waals surface area contributed by atoms with Crippen molar-refractivity contribution in [3.05, 3.63) is 39.4 Å². The molecule has 0 aliphatic carbocycles. The van der Waals surface area contributed by atoms with Crippen molar-refractivity contribution in [2.75, 3.05) is 24.7 Å². The number of hydrogen-bond acceptors (Lipinski definition) is 4. The second-order valence-electron chi connectivity index (χ2n) is 4.79. The van der Waals surface area contributed by atoms with E-state index in [0.717, 1.165) is 3.57 Å². The standard InChI is InChI=1S/C15H16FIN4/c1-5-9-8(2)19-15(20-14(9)18)10-6-7-11(17)13(12(10)16)21(3)4/h5-7H,1H2,2-4H3,(H2,18,19,20). The molecule has 0 aliphatic heterocycles. The van der Waals surface area contributed by atoms with Crippen LogP contribution < -0.4 is 10.6 Å². The Hall–Kier alpha value is -1.70. The number of aryl methyl sites for hydroxylation is 1. The van der Waals surface area contributed by atoms with E-state index in [1.165, 1.54) is 0 Å². The molecule has 0 aliphatic rings. The summed E-state index contributed by atoms with van der Waals surface area (Å²) in [6.45, 7) is 5.48. The summed E-state index contributed by atoms with van der Waals surface area (Å²) < 4.78 is 15.6. The van der Waals surface area contributed by atoms with E-state index in [0.29, 0.717) is 28.3 Å². The van der Waals surface area contributed by atoms with Crippen LogP contribution >= 0.6 is 22.6 Å². The van der Waals surface area contributed by atoms with Crippen molar-refractivity contribution < 1.29 is 4.39 Å². The lowest BCUT2D eigenvalue weighted by Gasteiger charge is -2.17. The molecule has 2 aromatic rings. The van der Waals surface area contributed by atoms with E-state index < -0.39 is 0 Å². The van der Waals surface area contributed by atoms with Gasteiger partial charge in [-0.2, -0.15) is 0 Å². The molecule has 21 heavy (non-hydrogen) atoms. The minimum atomic E-state index is -0.350. The van der Waals surface area contributed by atoms with Crippen molar-refractivity contribution in [2.24, 2.45) is 0 Å². The molecule has 0 saturated heterocycles. The van der Waals surface area contributed by atoms with Crippen LogP contribution in [0.4, 0.5) is 15.9 Å². The van der Waals surface area contributed by atoms with E-state index in [-0.39, 0.29) is 11.6 Å². The summed E-state index contributed by atoms with van der Waals surface area (Å²) in [4.78, 5) is 10.3. The average Bonchev–Trinajstić information content (AvgIpc) is 2.37. The number of nitrogens with zero attached hydrogens (tertiary/aromatic N) is 3. The molecule has 1 aromatic heterocycles. The minimum Gasteiger partial charge on any atom is -0.383 e. The molecule has 0 bridgehead atoms. The third-order valence-electron chi connectivity index (χ3n) is 3.12. The Balaban J connectivity index is 2.68. The molecule has 0 spiro atoms. The molecule has 0 amide bonds. The van der Waals surface area contributed by atoms with Crippen LogP contribution in [0.2, 0.25) is 0 Å². The number of hydrogen-bond donors (Lipinski definition) is 1. The Morgan fingerprint density at radius 2 is 2.00 bits per heavy atom. The predicted octanol–water partition coefficient (Wildman–Crippen LogP) is 3.49. The molecule has 110 valence electrons. The van der Waals surface area contributed by atoms with Gasteiger partial charge in [-0.15, -0.1) is 0 Å². The zero-order chi connectivity index (χ0) is 15.7. The maximum Gasteiger partial charge on any atom is 0.164 e. The second-order valence-corrected chi connectivity index (χ2v) is 5.95. The van der Waals surface area contributed by atoms with E-state index in [1.807, 2.05) is 6.07 Å². The number of nitrogen functional groups attached to an aromatic ring is 1. The van der Waals surface area contributed by atoms with Crippen LogP contribution in [0.25, 0.3) is 17.5 Å². The van der Waals surface area contributed by atoms with Crippen LogP contribution in [0.5, 0.6) is 0 Å². The minimum absolute atomic E-state index is 0.285. The Kier molecular flexibility index (Phi) is 4.46. The van der Waals surface area contributed by atoms with Crippen LogP contribution in [0.3, 0.4) is 0 Å². The highest BCUT2D eigenvalue weighted by Crippen LogP contribution is 2.32. The molecule has 6 heteroatoms. The fraction of sp³-hybridized carbons (Fsp3) is 0.200. The molecule has 4 nitrogen and oxygen atoms in total. The van der Waals surface area contributed by atoms with Gasteiger partial charge in [-0.25, -0.2) is 14.4 Å². The van der Waals surface area contributed by atoms with Crippen LogP contribution in [0, 0.1) is 16.3 Å². The third kappa shape index (κ3) is 2.85. The second kappa shape index (κ2) is 5.97. The van der Waals surface area contributed by atoms with Crippen molar-refractivity contribution >= 4 is 40.2 Å². The van der Waals surface area contributed by atoms with Crippen molar-refractivity contribution in [3.8, 4) is 11.4 Å². The third-order valence-corrected chi connectivity index (χ3v) is 4.00. The Bertz CT molecular complexity index is 690. The average molecular weight is 398 g/mol. The van der Waals surface area contributed by atoms with Crippen molar-refractivity contribution in [1.29, 1.82) is 0 Å². The smallest absolute Gasteiger partial charge is 0.164 e. The molecule has 0 radical (unpaired) electrons. The maximum atomic E-state index is 14.7. The van der Waals surface area contributed by atoms with E-state index in [2.05, 4.69) is 39.1 Å². The summed E-state index contributed by atoms with van der Waals surface area (Å²) in [5, 5.41) is 0. The first kappa shape index (κ1) is 15.7. The Morgan fingerprint density at radius 3 is 2.52 bits per heavy atom. The molecule has 0 unspecified atom stereocenters. The van der Waals surface area contributed by atoms with Crippen LogP contribution in [0.15, 0.2) is 18.7 Å². The van der Waals surface area contributed by atoms with E-state index >= 15 is 0 Å². The summed E-state index contributed by atoms with van der Waals surface area (Å²) in [6.07, 6.45) is 1.60. The van der Waals surface area contributed by atoms with Gasteiger partial charge in [0.05, 0.1) is 16.9 Å². The van der Waals surface area contributed by atoms with Gasteiger partial charge in [0.1, 0.15) is 5.82 Å². The number of halogens is 2. The van der Waals surface area contributed by atoms with E-state index in [9.17, 15) is 4.39 Å². The molecule has 2 rings (SSSR count). The molecule has 0 atom stereocenters. The molecule has 2 N–H and O–H groups in total. The summed E-state index contributed by atoms with van der Waals surface area (Å²) in [7, 11) is 3.59. The van der Waals surface area contributed by atoms with Gasteiger partial charge >= 0.3 is 0 Å². The lowest BCUT2D eigenvalue weighted by Crippen LogP contribution is -2.13. The molecular formula is C15H16FIN4. The highest BCUT2D eigenvalue weighted by molar-refractivity contribution is 14.1. The molecule has 1 heterocycles. The van der Waals surface area contributed by atoms with Gasteiger partial charge in [0.15, 0.2) is 11.6 Å². The number of anilines is 2. The summed E-state index contributed by atoms with van der Waals surface area (Å²) >= 11 is 2.10. The first-order valence-electron chi connectivity index (χ1n) is 6.29. The van der Waals surface area contributed by atoms with Crippen LogP contribution in [-0.4, -0.2) is 24.1 Å². The Labute approximate surface area is 137 Å². The van der Waals surface area contributed by atoms with Gasteiger partial charge in [0, 0.05) is 23.2 Å². The number of nitrogens with two attached hydrogens (primary N) is 1. The van der Waals surface area contributed by atoms with Gasteiger partial charge < -0.3 is 10.6 Å². The summed E-state index contributed by atoms with van der Waals surface area (Å²) in [6, 6.07) is 3.51. The monoisotopic (exact) mass is 398 g/mol. The molecule has 1 aromatic carbocycles. The van der Waals surface area contributed by atoms with Crippen LogP contribution in [0.1, 0.15) is 11.3 Å². The van der Waals surface area contributed by atoms with E-state index in [1.54, 1.807) is 38.1 Å². The summed E-state index contributed by atoms with van der Waals surface area (Å²) in [5.41, 5.74) is 8.10.